The number of ether oxygens (including phenoxy) is 1. The lowest BCUT2D eigenvalue weighted by atomic mass is 9.89. The zero-order valence-electron chi connectivity index (χ0n) is 25.5. The van der Waals surface area contributed by atoms with E-state index in [9.17, 15) is 22.8 Å². The molecule has 0 aliphatic carbocycles. The van der Waals surface area contributed by atoms with Crippen molar-refractivity contribution < 1.29 is 27.5 Å². The number of urea groups is 1. The summed E-state index contributed by atoms with van der Waals surface area (Å²) in [5, 5.41) is 6.45. The first-order chi connectivity index (χ1) is 21.5. The lowest BCUT2D eigenvalue weighted by Crippen LogP contribution is -2.53. The second-order valence-corrected chi connectivity index (χ2v) is 11.8. The molecular formula is C34H38F3N5O3. The van der Waals surface area contributed by atoms with Crippen LogP contribution >= 0.6 is 0 Å². The van der Waals surface area contributed by atoms with Crippen molar-refractivity contribution in [3.63, 3.8) is 0 Å². The highest BCUT2D eigenvalue weighted by molar-refractivity contribution is 5.99. The number of para-hydroxylation sites is 1. The van der Waals surface area contributed by atoms with E-state index in [1.807, 2.05) is 68.4 Å². The number of carbonyl (C=O) groups excluding carboxylic acids is 2. The highest BCUT2D eigenvalue weighted by Gasteiger charge is 2.35. The molecule has 238 valence electrons. The van der Waals surface area contributed by atoms with Gasteiger partial charge in [0.25, 0.3) is 0 Å². The highest BCUT2D eigenvalue weighted by Crippen LogP contribution is 2.34. The summed E-state index contributed by atoms with van der Waals surface area (Å²) in [6.07, 6.45) is -1.60. The van der Waals surface area contributed by atoms with Gasteiger partial charge in [0.2, 0.25) is 5.91 Å². The number of benzene rings is 3. The third kappa shape index (κ3) is 7.96. The molecule has 1 fully saturated rings. The minimum atomic E-state index is -4.96. The number of H-pyrrole nitrogens is 1. The number of aromatic amines is 1. The first-order valence-electron chi connectivity index (χ1n) is 15.0. The number of rotatable bonds is 9. The molecule has 5 rings (SSSR count). The standard InChI is InChI=1S/C34H38F3N5O3/c1-22(27-20-38-28-12-8-7-11-26(27)28)31(40-33(44)42-17-15-25(16-18-42)24-9-5-4-6-10-24)32(43)39-29-19-23(21-41(2)3)13-14-30(29)45-34(35,36)37/h4-14,19-20,22,25,31,38H,15-18,21H2,1-3H3,(H,39,43)(H,40,44). The topological polar surface area (TPSA) is 89.7 Å². The summed E-state index contributed by atoms with van der Waals surface area (Å²) < 4.78 is 44.1. The molecule has 45 heavy (non-hydrogen) atoms. The van der Waals surface area contributed by atoms with Crippen molar-refractivity contribution in [2.45, 2.75) is 50.6 Å². The summed E-state index contributed by atoms with van der Waals surface area (Å²) in [7, 11) is 3.66. The van der Waals surface area contributed by atoms with Gasteiger partial charge in [-0.3, -0.25) is 4.79 Å². The lowest BCUT2D eigenvalue weighted by Gasteiger charge is -2.34. The Morgan fingerprint density at radius 2 is 1.71 bits per heavy atom. The van der Waals surface area contributed by atoms with Gasteiger partial charge in [-0.1, -0.05) is 61.5 Å². The van der Waals surface area contributed by atoms with E-state index in [1.165, 1.54) is 23.8 Å². The summed E-state index contributed by atoms with van der Waals surface area (Å²) in [6.45, 7) is 3.27. The number of fused-ring (bicyclic) bond motifs is 1. The van der Waals surface area contributed by atoms with Crippen molar-refractivity contribution in [3.05, 3.63) is 95.7 Å². The quantitative estimate of drug-likeness (QED) is 0.191. The number of amides is 3. The van der Waals surface area contributed by atoms with Crippen molar-refractivity contribution in [1.29, 1.82) is 0 Å². The highest BCUT2D eigenvalue weighted by atomic mass is 19.4. The number of nitrogens with zero attached hydrogens (tertiary/aromatic N) is 2. The monoisotopic (exact) mass is 621 g/mol. The molecule has 2 unspecified atom stereocenters. The number of piperidine rings is 1. The Hall–Kier alpha value is -4.51. The van der Waals surface area contributed by atoms with Crippen LogP contribution in [0.15, 0.2) is 79.0 Å². The average Bonchev–Trinajstić information content (AvgIpc) is 3.44. The Kier molecular flexibility index (Phi) is 9.67. The zero-order valence-corrected chi connectivity index (χ0v) is 25.5. The number of hydrogen-bond donors (Lipinski definition) is 3. The van der Waals surface area contributed by atoms with Crippen LogP contribution in [-0.4, -0.2) is 66.3 Å². The first-order valence-corrected chi connectivity index (χ1v) is 15.0. The molecule has 2 atom stereocenters. The van der Waals surface area contributed by atoms with Crippen LogP contribution in [0, 0.1) is 0 Å². The molecule has 0 radical (unpaired) electrons. The maximum Gasteiger partial charge on any atom is 0.573 e. The third-order valence-electron chi connectivity index (χ3n) is 8.25. The van der Waals surface area contributed by atoms with Crippen LogP contribution < -0.4 is 15.4 Å². The number of halogens is 3. The van der Waals surface area contributed by atoms with Crippen LogP contribution in [0.3, 0.4) is 0 Å². The van der Waals surface area contributed by atoms with Crippen molar-refractivity contribution in [1.82, 2.24) is 20.1 Å². The molecule has 3 aromatic carbocycles. The van der Waals surface area contributed by atoms with Gasteiger partial charge in [-0.05, 0) is 67.7 Å². The van der Waals surface area contributed by atoms with Gasteiger partial charge in [0.1, 0.15) is 6.04 Å². The van der Waals surface area contributed by atoms with Crippen molar-refractivity contribution in [2.75, 3.05) is 32.5 Å². The molecule has 11 heteroatoms. The van der Waals surface area contributed by atoms with Gasteiger partial charge < -0.3 is 30.2 Å². The maximum absolute atomic E-state index is 14.0. The van der Waals surface area contributed by atoms with Gasteiger partial charge in [-0.2, -0.15) is 0 Å². The van der Waals surface area contributed by atoms with Gasteiger partial charge in [-0.15, -0.1) is 13.2 Å². The number of aromatic nitrogens is 1. The zero-order chi connectivity index (χ0) is 32.1. The number of alkyl halides is 3. The predicted molar refractivity (Wildman–Crippen MR) is 168 cm³/mol. The second kappa shape index (κ2) is 13.6. The second-order valence-electron chi connectivity index (χ2n) is 11.8. The summed E-state index contributed by atoms with van der Waals surface area (Å²) in [6, 6.07) is 20.4. The van der Waals surface area contributed by atoms with Crippen molar-refractivity contribution >= 4 is 28.5 Å². The van der Waals surface area contributed by atoms with E-state index in [4.69, 9.17) is 0 Å². The molecule has 2 heterocycles. The fourth-order valence-corrected chi connectivity index (χ4v) is 6.00. The smallest absolute Gasteiger partial charge is 0.404 e. The van der Waals surface area contributed by atoms with Crippen LogP contribution in [0.1, 0.15) is 48.3 Å². The van der Waals surface area contributed by atoms with Gasteiger partial charge in [0, 0.05) is 42.7 Å². The Labute approximate surface area is 260 Å². The maximum atomic E-state index is 14.0. The van der Waals surface area contributed by atoms with Gasteiger partial charge in [-0.25, -0.2) is 4.79 Å². The van der Waals surface area contributed by atoms with E-state index in [0.717, 1.165) is 29.3 Å². The predicted octanol–water partition coefficient (Wildman–Crippen LogP) is 6.83. The number of likely N-dealkylation sites (tertiary alicyclic amines) is 1. The molecule has 1 aromatic heterocycles. The molecule has 3 N–H and O–H groups in total. The lowest BCUT2D eigenvalue weighted by molar-refractivity contribution is -0.274. The average molecular weight is 622 g/mol. The van der Waals surface area contributed by atoms with Crippen molar-refractivity contribution in [2.24, 2.45) is 0 Å². The van der Waals surface area contributed by atoms with E-state index in [1.54, 1.807) is 11.1 Å². The molecule has 4 aromatic rings. The molecular weight excluding hydrogens is 583 g/mol. The van der Waals surface area contributed by atoms with Crippen LogP contribution in [0.5, 0.6) is 5.75 Å². The summed E-state index contributed by atoms with van der Waals surface area (Å²) in [4.78, 5) is 34.4. The first kappa shape index (κ1) is 31.9. The SMILES string of the molecule is CC(c1c[nH]c2ccccc12)C(NC(=O)N1CCC(c2ccccc2)CC1)C(=O)Nc1cc(CN(C)C)ccc1OC(F)(F)F. The molecule has 1 aliphatic rings. The third-order valence-corrected chi connectivity index (χ3v) is 8.25. The number of carbonyl (C=O) groups is 2. The van der Waals surface area contributed by atoms with Crippen LogP contribution in [0.4, 0.5) is 23.7 Å². The Morgan fingerprint density at radius 3 is 2.40 bits per heavy atom. The minimum absolute atomic E-state index is 0.134. The molecule has 8 nitrogen and oxygen atoms in total. The van der Waals surface area contributed by atoms with E-state index in [-0.39, 0.29) is 5.69 Å². The molecule has 0 spiro atoms. The van der Waals surface area contributed by atoms with Gasteiger partial charge in [0.15, 0.2) is 5.75 Å². The number of hydrogen-bond acceptors (Lipinski definition) is 4. The molecule has 1 aliphatic heterocycles. The fraction of sp³-hybridized carbons (Fsp3) is 0.353. The van der Waals surface area contributed by atoms with E-state index >= 15 is 0 Å². The molecule has 1 saturated heterocycles. The Morgan fingerprint density at radius 1 is 1.02 bits per heavy atom. The normalized spacial score (nSPS) is 15.6. The minimum Gasteiger partial charge on any atom is -0.404 e. The van der Waals surface area contributed by atoms with Crippen LogP contribution in [0.25, 0.3) is 10.9 Å². The largest absolute Gasteiger partial charge is 0.573 e. The molecule has 0 bridgehead atoms. The van der Waals surface area contributed by atoms with E-state index in [0.29, 0.717) is 31.1 Å². The van der Waals surface area contributed by atoms with Gasteiger partial charge >= 0.3 is 12.4 Å². The molecule has 3 amide bonds. The Bertz CT molecular complexity index is 1610. The van der Waals surface area contributed by atoms with Crippen molar-refractivity contribution in [3.8, 4) is 5.75 Å². The van der Waals surface area contributed by atoms with Gasteiger partial charge in [0.05, 0.1) is 5.69 Å². The number of nitrogens with one attached hydrogen (secondary N) is 3. The van der Waals surface area contributed by atoms with Crippen LogP contribution in [-0.2, 0) is 11.3 Å². The Balaban J connectivity index is 1.40. The number of anilines is 1. The summed E-state index contributed by atoms with van der Waals surface area (Å²) in [5.41, 5.74) is 3.44. The van der Waals surface area contributed by atoms with E-state index in [2.05, 4.69) is 32.5 Å². The van der Waals surface area contributed by atoms with E-state index < -0.39 is 36.0 Å². The van der Waals surface area contributed by atoms with Crippen LogP contribution in [0.2, 0.25) is 0 Å². The molecule has 0 saturated carbocycles. The fourth-order valence-electron chi connectivity index (χ4n) is 6.00. The summed E-state index contributed by atoms with van der Waals surface area (Å²) >= 11 is 0. The summed E-state index contributed by atoms with van der Waals surface area (Å²) in [5.74, 6) is -1.40.